The quantitative estimate of drug-likeness (QED) is 0.587. The van der Waals surface area contributed by atoms with E-state index in [1.807, 2.05) is 31.1 Å². The second-order valence-corrected chi connectivity index (χ2v) is 2.51. The molecular formula is C8H10N3. The SMILES string of the molecule is CN(C)c1ccc(N=[N])cc1. The van der Waals surface area contributed by atoms with Gasteiger partial charge in [-0.15, -0.1) is 5.11 Å². The van der Waals surface area contributed by atoms with Crippen molar-refractivity contribution in [2.75, 3.05) is 19.0 Å². The van der Waals surface area contributed by atoms with Crippen molar-refractivity contribution < 1.29 is 0 Å². The first kappa shape index (κ1) is 7.72. The zero-order chi connectivity index (χ0) is 8.27. The average molecular weight is 148 g/mol. The molecule has 1 aromatic rings. The third-order valence-corrected chi connectivity index (χ3v) is 1.48. The normalized spacial score (nSPS) is 9.27. The maximum absolute atomic E-state index is 8.38. The second kappa shape index (κ2) is 3.14. The molecule has 57 valence electrons. The summed E-state index contributed by atoms with van der Waals surface area (Å²) in [5, 5.41) is 3.05. The highest BCUT2D eigenvalue weighted by molar-refractivity contribution is 5.51. The van der Waals surface area contributed by atoms with E-state index in [9.17, 15) is 0 Å². The Morgan fingerprint density at radius 1 is 1.18 bits per heavy atom. The van der Waals surface area contributed by atoms with Crippen LogP contribution in [0.1, 0.15) is 0 Å². The van der Waals surface area contributed by atoms with Crippen molar-refractivity contribution in [1.82, 2.24) is 5.53 Å². The number of rotatable bonds is 2. The molecule has 1 radical (unpaired) electrons. The molecule has 1 aromatic carbocycles. The van der Waals surface area contributed by atoms with Crippen LogP contribution in [0.5, 0.6) is 0 Å². The van der Waals surface area contributed by atoms with Crippen molar-refractivity contribution in [3.63, 3.8) is 0 Å². The number of hydrogen-bond acceptors (Lipinski definition) is 2. The fourth-order valence-corrected chi connectivity index (χ4v) is 0.817. The second-order valence-electron chi connectivity index (χ2n) is 2.51. The summed E-state index contributed by atoms with van der Waals surface area (Å²) in [6, 6.07) is 7.31. The fourth-order valence-electron chi connectivity index (χ4n) is 0.817. The van der Waals surface area contributed by atoms with Crippen LogP contribution in [0, 0.1) is 0 Å². The van der Waals surface area contributed by atoms with Gasteiger partial charge in [0.2, 0.25) is 0 Å². The van der Waals surface area contributed by atoms with Gasteiger partial charge in [0.1, 0.15) is 0 Å². The van der Waals surface area contributed by atoms with Crippen molar-refractivity contribution in [1.29, 1.82) is 0 Å². The first-order valence-electron chi connectivity index (χ1n) is 3.36. The summed E-state index contributed by atoms with van der Waals surface area (Å²) in [6.07, 6.45) is 0. The van der Waals surface area contributed by atoms with Crippen molar-refractivity contribution in [2.45, 2.75) is 0 Å². The van der Waals surface area contributed by atoms with Crippen LogP contribution in [-0.4, -0.2) is 14.1 Å². The van der Waals surface area contributed by atoms with E-state index in [0.29, 0.717) is 5.69 Å². The molecule has 0 saturated heterocycles. The highest BCUT2D eigenvalue weighted by Gasteiger charge is 1.93. The minimum absolute atomic E-state index is 0.579. The lowest BCUT2D eigenvalue weighted by molar-refractivity contribution is 1.13. The molecule has 0 N–H and O–H groups in total. The van der Waals surface area contributed by atoms with Gasteiger partial charge in [-0.1, -0.05) is 0 Å². The predicted octanol–water partition coefficient (Wildman–Crippen LogP) is 1.64. The van der Waals surface area contributed by atoms with Gasteiger partial charge in [0.25, 0.3) is 0 Å². The van der Waals surface area contributed by atoms with Crippen molar-refractivity contribution >= 4 is 11.4 Å². The lowest BCUT2D eigenvalue weighted by Crippen LogP contribution is -2.07. The van der Waals surface area contributed by atoms with Crippen LogP contribution in [0.2, 0.25) is 0 Å². The molecule has 0 heterocycles. The van der Waals surface area contributed by atoms with Gasteiger partial charge < -0.3 is 4.90 Å². The van der Waals surface area contributed by atoms with Gasteiger partial charge in [0, 0.05) is 19.8 Å². The van der Waals surface area contributed by atoms with Crippen LogP contribution in [0.3, 0.4) is 0 Å². The molecule has 3 nitrogen and oxygen atoms in total. The third kappa shape index (κ3) is 1.77. The highest BCUT2D eigenvalue weighted by Crippen LogP contribution is 2.16. The molecule has 0 atom stereocenters. The van der Waals surface area contributed by atoms with E-state index in [4.69, 9.17) is 5.53 Å². The summed E-state index contributed by atoms with van der Waals surface area (Å²) in [4.78, 5) is 1.99. The highest BCUT2D eigenvalue weighted by atomic mass is 15.1. The maximum Gasteiger partial charge on any atom is 0.0877 e. The average Bonchev–Trinajstić information content (AvgIpc) is 2.05. The summed E-state index contributed by atoms with van der Waals surface area (Å²) in [5.41, 5.74) is 10.1. The standard InChI is InChI=1S/C8H10N3/c1-11(2)8-5-3-7(10-9)4-6-8/h3-6H,1-2H3. The van der Waals surface area contributed by atoms with Gasteiger partial charge in [-0.3, -0.25) is 0 Å². The van der Waals surface area contributed by atoms with E-state index in [2.05, 4.69) is 5.11 Å². The van der Waals surface area contributed by atoms with Crippen molar-refractivity contribution in [2.24, 2.45) is 5.11 Å². The number of anilines is 1. The van der Waals surface area contributed by atoms with Gasteiger partial charge in [-0.05, 0) is 29.8 Å². The maximum atomic E-state index is 8.38. The molecule has 0 bridgehead atoms. The molecule has 0 aliphatic carbocycles. The lowest BCUT2D eigenvalue weighted by Gasteiger charge is -2.11. The first-order chi connectivity index (χ1) is 5.24. The van der Waals surface area contributed by atoms with Crippen LogP contribution in [0.15, 0.2) is 29.4 Å². The van der Waals surface area contributed by atoms with E-state index in [1.165, 1.54) is 0 Å². The molecule has 0 saturated carbocycles. The van der Waals surface area contributed by atoms with Gasteiger partial charge >= 0.3 is 0 Å². The van der Waals surface area contributed by atoms with E-state index in [1.54, 1.807) is 12.1 Å². The molecule has 3 heteroatoms. The van der Waals surface area contributed by atoms with E-state index in [-0.39, 0.29) is 0 Å². The molecule has 0 spiro atoms. The largest absolute Gasteiger partial charge is 0.378 e. The number of benzene rings is 1. The minimum atomic E-state index is 0.579. The summed E-state index contributed by atoms with van der Waals surface area (Å²) in [6.45, 7) is 0. The van der Waals surface area contributed by atoms with Gasteiger partial charge in [0.05, 0.1) is 5.69 Å². The lowest BCUT2D eigenvalue weighted by atomic mass is 10.3. The molecule has 0 aliphatic rings. The van der Waals surface area contributed by atoms with E-state index < -0.39 is 0 Å². The minimum Gasteiger partial charge on any atom is -0.378 e. The molecule has 0 unspecified atom stereocenters. The van der Waals surface area contributed by atoms with Crippen LogP contribution in [0.4, 0.5) is 11.4 Å². The Bertz CT molecular complexity index is 238. The van der Waals surface area contributed by atoms with Crippen LogP contribution in [0.25, 0.3) is 0 Å². The van der Waals surface area contributed by atoms with Gasteiger partial charge in [-0.25, -0.2) is 0 Å². The predicted molar refractivity (Wildman–Crippen MR) is 45.0 cm³/mol. The Morgan fingerprint density at radius 3 is 2.09 bits per heavy atom. The summed E-state index contributed by atoms with van der Waals surface area (Å²) in [7, 11) is 3.93. The summed E-state index contributed by atoms with van der Waals surface area (Å²) >= 11 is 0. The Balaban J connectivity index is 2.91. The van der Waals surface area contributed by atoms with Gasteiger partial charge in [0.15, 0.2) is 0 Å². The Morgan fingerprint density at radius 2 is 1.73 bits per heavy atom. The first-order valence-corrected chi connectivity index (χ1v) is 3.36. The number of nitrogens with zero attached hydrogens (tertiary/aromatic N) is 3. The zero-order valence-corrected chi connectivity index (χ0v) is 6.65. The van der Waals surface area contributed by atoms with E-state index >= 15 is 0 Å². The summed E-state index contributed by atoms with van der Waals surface area (Å²) in [5.74, 6) is 0. The molecule has 1 rings (SSSR count). The van der Waals surface area contributed by atoms with Crippen LogP contribution in [-0.2, 0) is 0 Å². The summed E-state index contributed by atoms with van der Waals surface area (Å²) < 4.78 is 0. The Labute approximate surface area is 66.2 Å². The van der Waals surface area contributed by atoms with Crippen molar-refractivity contribution in [3.8, 4) is 0 Å². The van der Waals surface area contributed by atoms with Gasteiger partial charge in [-0.2, -0.15) is 0 Å². The van der Waals surface area contributed by atoms with E-state index in [0.717, 1.165) is 5.69 Å². The van der Waals surface area contributed by atoms with Crippen LogP contribution >= 0.6 is 0 Å². The Hall–Kier alpha value is -1.38. The molecule has 0 fully saturated rings. The Kier molecular flexibility index (Phi) is 2.21. The third-order valence-electron chi connectivity index (χ3n) is 1.48. The smallest absolute Gasteiger partial charge is 0.0877 e. The zero-order valence-electron chi connectivity index (χ0n) is 6.65. The van der Waals surface area contributed by atoms with Crippen LogP contribution < -0.4 is 10.4 Å². The fraction of sp³-hybridized carbons (Fsp3) is 0.250. The number of hydrogen-bond donors (Lipinski definition) is 0. The molecule has 0 aromatic heterocycles. The molecule has 0 amide bonds. The molecule has 0 aliphatic heterocycles. The monoisotopic (exact) mass is 148 g/mol. The van der Waals surface area contributed by atoms with Crippen molar-refractivity contribution in [3.05, 3.63) is 24.3 Å². The molecular weight excluding hydrogens is 138 g/mol. The molecule has 11 heavy (non-hydrogen) atoms. The topological polar surface area (TPSA) is 37.9 Å².